The van der Waals surface area contributed by atoms with Gasteiger partial charge in [0.05, 0.1) is 11.1 Å². The molecule has 7 nitrogen and oxygen atoms in total. The van der Waals surface area contributed by atoms with Gasteiger partial charge >= 0.3 is 12.0 Å². The van der Waals surface area contributed by atoms with E-state index < -0.39 is 24.0 Å². The minimum absolute atomic E-state index is 0.334. The van der Waals surface area contributed by atoms with Crippen LogP contribution in [0.3, 0.4) is 0 Å². The Morgan fingerprint density at radius 2 is 1.88 bits per heavy atom. The van der Waals surface area contributed by atoms with E-state index in [0.717, 1.165) is 5.56 Å². The van der Waals surface area contributed by atoms with E-state index >= 15 is 0 Å². The SMILES string of the molecule is CNC(=O)NC(=O)C(C)OC(=O)c1cc(C)nc2ccc(C)cc12. The van der Waals surface area contributed by atoms with Gasteiger partial charge in [-0.3, -0.25) is 15.1 Å². The fourth-order valence-electron chi connectivity index (χ4n) is 2.19. The number of pyridine rings is 1. The number of amides is 3. The number of urea groups is 1. The highest BCUT2D eigenvalue weighted by Crippen LogP contribution is 2.21. The maximum absolute atomic E-state index is 12.5. The average molecular weight is 329 g/mol. The lowest BCUT2D eigenvalue weighted by Crippen LogP contribution is -2.43. The first-order valence-electron chi connectivity index (χ1n) is 7.43. The lowest BCUT2D eigenvalue weighted by molar-refractivity contribution is -0.127. The van der Waals surface area contributed by atoms with Crippen molar-refractivity contribution in [3.63, 3.8) is 0 Å². The number of aromatic nitrogens is 1. The molecule has 1 unspecified atom stereocenters. The highest BCUT2D eigenvalue weighted by atomic mass is 16.5. The van der Waals surface area contributed by atoms with Gasteiger partial charge in [-0.05, 0) is 39.0 Å². The predicted octanol–water partition coefficient (Wildman–Crippen LogP) is 1.85. The number of benzene rings is 1. The Balaban J connectivity index is 2.26. The topological polar surface area (TPSA) is 97.4 Å². The fraction of sp³-hybridized carbons (Fsp3) is 0.294. The molecule has 0 aliphatic heterocycles. The van der Waals surface area contributed by atoms with E-state index in [2.05, 4.69) is 15.6 Å². The van der Waals surface area contributed by atoms with E-state index in [-0.39, 0.29) is 0 Å². The molecule has 24 heavy (non-hydrogen) atoms. The monoisotopic (exact) mass is 329 g/mol. The molecule has 2 rings (SSSR count). The van der Waals surface area contributed by atoms with Crippen LogP contribution in [0.4, 0.5) is 4.79 Å². The van der Waals surface area contributed by atoms with Crippen molar-refractivity contribution in [3.05, 3.63) is 41.1 Å². The molecule has 3 amide bonds. The standard InChI is InChI=1S/C17H19N3O4/c1-9-5-6-14-12(7-9)13(8-10(2)19-14)16(22)24-11(3)15(21)20-17(23)18-4/h5-8,11H,1-4H3,(H2,18,20,21,23). The number of hydrogen-bond acceptors (Lipinski definition) is 5. The van der Waals surface area contributed by atoms with Gasteiger partial charge in [-0.25, -0.2) is 9.59 Å². The number of imide groups is 1. The van der Waals surface area contributed by atoms with Crippen molar-refractivity contribution >= 4 is 28.8 Å². The Morgan fingerprint density at radius 3 is 2.54 bits per heavy atom. The summed E-state index contributed by atoms with van der Waals surface area (Å²) in [7, 11) is 1.38. The molecule has 0 fully saturated rings. The summed E-state index contributed by atoms with van der Waals surface area (Å²) in [6.45, 7) is 5.09. The van der Waals surface area contributed by atoms with E-state index in [1.807, 2.05) is 25.1 Å². The van der Waals surface area contributed by atoms with E-state index in [1.165, 1.54) is 14.0 Å². The summed E-state index contributed by atoms with van der Waals surface area (Å²) in [6, 6.07) is 6.53. The molecule has 126 valence electrons. The van der Waals surface area contributed by atoms with Crippen LogP contribution < -0.4 is 10.6 Å². The first-order valence-corrected chi connectivity index (χ1v) is 7.43. The molecule has 7 heteroatoms. The van der Waals surface area contributed by atoms with Crippen molar-refractivity contribution < 1.29 is 19.1 Å². The van der Waals surface area contributed by atoms with E-state index in [9.17, 15) is 14.4 Å². The molecule has 0 bridgehead atoms. The number of hydrogen-bond donors (Lipinski definition) is 2. The largest absolute Gasteiger partial charge is 0.449 e. The minimum Gasteiger partial charge on any atom is -0.449 e. The Bertz CT molecular complexity index is 817. The number of carbonyl (C=O) groups excluding carboxylic acids is 3. The second-order valence-electron chi connectivity index (χ2n) is 5.45. The molecule has 0 saturated heterocycles. The van der Waals surface area contributed by atoms with Gasteiger partial charge in [0, 0.05) is 18.1 Å². The Morgan fingerprint density at radius 1 is 1.17 bits per heavy atom. The summed E-state index contributed by atoms with van der Waals surface area (Å²) >= 11 is 0. The summed E-state index contributed by atoms with van der Waals surface area (Å²) in [5.41, 5.74) is 2.66. The summed E-state index contributed by atoms with van der Waals surface area (Å²) in [5, 5.41) is 4.98. The Hall–Kier alpha value is -2.96. The number of fused-ring (bicyclic) bond motifs is 1. The zero-order valence-electron chi connectivity index (χ0n) is 14.0. The Kier molecular flexibility index (Phi) is 5.13. The van der Waals surface area contributed by atoms with Gasteiger partial charge < -0.3 is 10.1 Å². The molecule has 1 aromatic carbocycles. The number of ether oxygens (including phenoxy) is 1. The van der Waals surface area contributed by atoms with Crippen molar-refractivity contribution in [1.29, 1.82) is 0 Å². The molecule has 1 atom stereocenters. The highest BCUT2D eigenvalue weighted by molar-refractivity contribution is 6.05. The van der Waals surface area contributed by atoms with Crippen LogP contribution in [0.1, 0.15) is 28.5 Å². The number of aryl methyl sites for hydroxylation is 2. The predicted molar refractivity (Wildman–Crippen MR) is 88.7 cm³/mol. The normalized spacial score (nSPS) is 11.7. The fourth-order valence-corrected chi connectivity index (χ4v) is 2.19. The van der Waals surface area contributed by atoms with Crippen molar-refractivity contribution in [3.8, 4) is 0 Å². The highest BCUT2D eigenvalue weighted by Gasteiger charge is 2.22. The third kappa shape index (κ3) is 3.87. The van der Waals surface area contributed by atoms with Gasteiger partial charge in [0.15, 0.2) is 6.10 Å². The van der Waals surface area contributed by atoms with E-state index in [0.29, 0.717) is 22.2 Å². The number of rotatable bonds is 3. The number of carbonyl (C=O) groups is 3. The average Bonchev–Trinajstić information content (AvgIpc) is 2.54. The smallest absolute Gasteiger partial charge is 0.339 e. The second-order valence-corrected chi connectivity index (χ2v) is 5.45. The lowest BCUT2D eigenvalue weighted by atomic mass is 10.1. The van der Waals surface area contributed by atoms with Crippen molar-refractivity contribution in [2.75, 3.05) is 7.05 Å². The van der Waals surface area contributed by atoms with Crippen LogP contribution in [0.25, 0.3) is 10.9 Å². The van der Waals surface area contributed by atoms with Crippen LogP contribution in [0, 0.1) is 13.8 Å². The summed E-state index contributed by atoms with van der Waals surface area (Å²) in [5.74, 6) is -1.34. The van der Waals surface area contributed by atoms with Crippen LogP contribution in [-0.4, -0.2) is 36.0 Å². The van der Waals surface area contributed by atoms with Crippen molar-refractivity contribution in [2.45, 2.75) is 26.9 Å². The molecule has 0 radical (unpaired) electrons. The quantitative estimate of drug-likeness (QED) is 0.838. The molecule has 1 aromatic heterocycles. The van der Waals surface area contributed by atoms with Gasteiger partial charge in [-0.15, -0.1) is 0 Å². The number of nitrogens with one attached hydrogen (secondary N) is 2. The van der Waals surface area contributed by atoms with Gasteiger partial charge in [0.1, 0.15) is 0 Å². The van der Waals surface area contributed by atoms with Gasteiger partial charge in [0.25, 0.3) is 5.91 Å². The summed E-state index contributed by atoms with van der Waals surface area (Å²) in [6.07, 6.45) is -1.11. The van der Waals surface area contributed by atoms with Crippen LogP contribution in [0.5, 0.6) is 0 Å². The third-order valence-electron chi connectivity index (χ3n) is 3.43. The van der Waals surface area contributed by atoms with Gasteiger partial charge in [0.2, 0.25) is 0 Å². The summed E-state index contributed by atoms with van der Waals surface area (Å²) < 4.78 is 5.19. The zero-order chi connectivity index (χ0) is 17.9. The van der Waals surface area contributed by atoms with Crippen LogP contribution in [-0.2, 0) is 9.53 Å². The molecule has 0 saturated carbocycles. The van der Waals surface area contributed by atoms with Crippen LogP contribution in [0.2, 0.25) is 0 Å². The maximum Gasteiger partial charge on any atom is 0.339 e. The lowest BCUT2D eigenvalue weighted by Gasteiger charge is -2.14. The van der Waals surface area contributed by atoms with Gasteiger partial charge in [-0.1, -0.05) is 11.6 Å². The molecule has 1 heterocycles. The molecule has 0 aliphatic rings. The van der Waals surface area contributed by atoms with Crippen molar-refractivity contribution in [1.82, 2.24) is 15.6 Å². The third-order valence-corrected chi connectivity index (χ3v) is 3.43. The molecule has 0 aliphatic carbocycles. The molecule has 2 N–H and O–H groups in total. The van der Waals surface area contributed by atoms with Crippen molar-refractivity contribution in [2.24, 2.45) is 0 Å². The first-order chi connectivity index (χ1) is 11.3. The Labute approximate surface area is 139 Å². The molecule has 0 spiro atoms. The molecule has 2 aromatic rings. The van der Waals surface area contributed by atoms with Crippen LogP contribution >= 0.6 is 0 Å². The number of esters is 1. The number of nitrogens with zero attached hydrogens (tertiary/aromatic N) is 1. The minimum atomic E-state index is -1.11. The van der Waals surface area contributed by atoms with Gasteiger partial charge in [-0.2, -0.15) is 0 Å². The molecular weight excluding hydrogens is 310 g/mol. The van der Waals surface area contributed by atoms with E-state index in [4.69, 9.17) is 4.74 Å². The second kappa shape index (κ2) is 7.08. The zero-order valence-corrected chi connectivity index (χ0v) is 14.0. The van der Waals surface area contributed by atoms with Crippen LogP contribution in [0.15, 0.2) is 24.3 Å². The molecular formula is C17H19N3O4. The first kappa shape index (κ1) is 17.4. The van der Waals surface area contributed by atoms with E-state index in [1.54, 1.807) is 13.0 Å². The summed E-state index contributed by atoms with van der Waals surface area (Å²) in [4.78, 5) is 39.8. The maximum atomic E-state index is 12.5.